The fourth-order valence-corrected chi connectivity index (χ4v) is 2.74. The number of nitrogens with zero attached hydrogens (tertiary/aromatic N) is 3. The molecular formula is C21H22FN5O. The van der Waals surface area contributed by atoms with Crippen molar-refractivity contribution in [1.29, 1.82) is 0 Å². The average molecular weight is 379 g/mol. The smallest absolute Gasteiger partial charge is 0.327 e. The van der Waals surface area contributed by atoms with Gasteiger partial charge in [-0.15, -0.1) is 0 Å². The number of hydrogen-bond acceptors (Lipinski definition) is 4. The van der Waals surface area contributed by atoms with Gasteiger partial charge in [0.15, 0.2) is 0 Å². The Morgan fingerprint density at radius 2 is 1.82 bits per heavy atom. The summed E-state index contributed by atoms with van der Waals surface area (Å²) >= 11 is 0. The van der Waals surface area contributed by atoms with Gasteiger partial charge >= 0.3 is 6.03 Å². The SMILES string of the molecule is CCNC(=O)N(c1ccc(F)cc1)c1ccnc(NC(C)c2ccccc2)n1. The van der Waals surface area contributed by atoms with Crippen LogP contribution in [0.1, 0.15) is 25.5 Å². The summed E-state index contributed by atoms with van der Waals surface area (Å²) in [5.41, 5.74) is 1.60. The zero-order chi connectivity index (χ0) is 19.9. The molecule has 2 aromatic carbocycles. The Kier molecular flexibility index (Phi) is 6.16. The fourth-order valence-electron chi connectivity index (χ4n) is 2.74. The van der Waals surface area contributed by atoms with Crippen LogP contribution in [0.4, 0.5) is 26.6 Å². The van der Waals surface area contributed by atoms with Crippen LogP contribution in [0.3, 0.4) is 0 Å². The molecule has 0 bridgehead atoms. The topological polar surface area (TPSA) is 70.2 Å². The minimum Gasteiger partial charge on any atom is -0.348 e. The van der Waals surface area contributed by atoms with Crippen molar-refractivity contribution in [3.63, 3.8) is 0 Å². The molecule has 0 fully saturated rings. The molecular weight excluding hydrogens is 357 g/mol. The Bertz CT molecular complexity index is 918. The van der Waals surface area contributed by atoms with Gasteiger partial charge in [-0.05, 0) is 43.7 Å². The molecule has 0 saturated heterocycles. The van der Waals surface area contributed by atoms with Gasteiger partial charge in [-0.25, -0.2) is 19.1 Å². The molecule has 0 aliphatic heterocycles. The van der Waals surface area contributed by atoms with Gasteiger partial charge in [0, 0.05) is 18.8 Å². The van der Waals surface area contributed by atoms with Crippen LogP contribution < -0.4 is 15.5 Å². The number of benzene rings is 2. The van der Waals surface area contributed by atoms with Crippen LogP contribution in [0.5, 0.6) is 0 Å². The van der Waals surface area contributed by atoms with E-state index in [2.05, 4.69) is 20.6 Å². The summed E-state index contributed by atoms with van der Waals surface area (Å²) in [4.78, 5) is 22.8. The van der Waals surface area contributed by atoms with Crippen LogP contribution in [0.15, 0.2) is 66.9 Å². The Labute approximate surface area is 163 Å². The van der Waals surface area contributed by atoms with Gasteiger partial charge < -0.3 is 10.6 Å². The Hall–Kier alpha value is -3.48. The molecule has 0 spiro atoms. The van der Waals surface area contributed by atoms with Crippen LogP contribution in [-0.4, -0.2) is 22.5 Å². The number of carbonyl (C=O) groups is 1. The van der Waals surface area contributed by atoms with Gasteiger partial charge in [0.1, 0.15) is 11.6 Å². The highest BCUT2D eigenvalue weighted by Crippen LogP contribution is 2.25. The van der Waals surface area contributed by atoms with E-state index in [4.69, 9.17) is 0 Å². The maximum absolute atomic E-state index is 13.3. The summed E-state index contributed by atoms with van der Waals surface area (Å²) in [6.45, 7) is 4.29. The molecule has 2 amide bonds. The lowest BCUT2D eigenvalue weighted by Gasteiger charge is -2.23. The maximum atomic E-state index is 13.3. The lowest BCUT2D eigenvalue weighted by Crippen LogP contribution is -2.37. The number of aromatic nitrogens is 2. The second-order valence-electron chi connectivity index (χ2n) is 6.16. The molecule has 7 heteroatoms. The van der Waals surface area contributed by atoms with E-state index in [0.29, 0.717) is 24.0 Å². The highest BCUT2D eigenvalue weighted by Gasteiger charge is 2.20. The van der Waals surface area contributed by atoms with Crippen molar-refractivity contribution in [1.82, 2.24) is 15.3 Å². The summed E-state index contributed by atoms with van der Waals surface area (Å²) in [6.07, 6.45) is 1.58. The number of hydrogen-bond donors (Lipinski definition) is 2. The molecule has 1 heterocycles. The monoisotopic (exact) mass is 379 g/mol. The first-order valence-corrected chi connectivity index (χ1v) is 9.06. The Morgan fingerprint density at radius 3 is 2.50 bits per heavy atom. The van der Waals surface area contributed by atoms with Gasteiger partial charge in [0.2, 0.25) is 5.95 Å². The standard InChI is InChI=1S/C21H22FN5O/c1-3-23-21(28)27(18-11-9-17(22)10-12-18)19-13-14-24-20(26-19)25-15(2)16-7-5-4-6-8-16/h4-15H,3H2,1-2H3,(H,23,28)(H,24,25,26). The molecule has 6 nitrogen and oxygen atoms in total. The van der Waals surface area contributed by atoms with Crippen LogP contribution >= 0.6 is 0 Å². The summed E-state index contributed by atoms with van der Waals surface area (Å²) < 4.78 is 13.3. The number of amides is 2. The van der Waals surface area contributed by atoms with Crippen molar-refractivity contribution >= 4 is 23.5 Å². The van der Waals surface area contributed by atoms with Crippen molar-refractivity contribution in [3.8, 4) is 0 Å². The van der Waals surface area contributed by atoms with E-state index in [1.54, 1.807) is 12.3 Å². The van der Waals surface area contributed by atoms with Crippen molar-refractivity contribution in [2.24, 2.45) is 0 Å². The fraction of sp³-hybridized carbons (Fsp3) is 0.190. The minimum absolute atomic E-state index is 0.0137. The number of rotatable bonds is 6. The molecule has 0 aliphatic carbocycles. The second-order valence-corrected chi connectivity index (χ2v) is 6.16. The van der Waals surface area contributed by atoms with Crippen LogP contribution in [0.2, 0.25) is 0 Å². The number of carbonyl (C=O) groups excluding carboxylic acids is 1. The third-order valence-corrected chi connectivity index (χ3v) is 4.13. The molecule has 0 radical (unpaired) electrons. The van der Waals surface area contributed by atoms with Gasteiger partial charge in [0.05, 0.1) is 11.7 Å². The molecule has 0 saturated carbocycles. The molecule has 3 aromatic rings. The normalized spacial score (nSPS) is 11.5. The summed E-state index contributed by atoms with van der Waals surface area (Å²) in [7, 11) is 0. The summed E-state index contributed by atoms with van der Waals surface area (Å²) in [5, 5.41) is 6.00. The van der Waals surface area contributed by atoms with Crippen LogP contribution in [-0.2, 0) is 0 Å². The Morgan fingerprint density at radius 1 is 1.11 bits per heavy atom. The first-order valence-electron chi connectivity index (χ1n) is 9.06. The average Bonchev–Trinajstić information content (AvgIpc) is 2.71. The van der Waals surface area contributed by atoms with E-state index in [1.165, 1.54) is 29.2 Å². The van der Waals surface area contributed by atoms with Crippen molar-refractivity contribution in [2.75, 3.05) is 16.8 Å². The molecule has 2 N–H and O–H groups in total. The zero-order valence-electron chi connectivity index (χ0n) is 15.8. The van der Waals surface area contributed by atoms with E-state index in [0.717, 1.165) is 5.56 Å². The second kappa shape index (κ2) is 8.94. The number of halogens is 1. The Balaban J connectivity index is 1.89. The van der Waals surface area contributed by atoms with Gasteiger partial charge in [-0.2, -0.15) is 4.98 Å². The van der Waals surface area contributed by atoms with Crippen molar-refractivity contribution in [3.05, 3.63) is 78.2 Å². The maximum Gasteiger partial charge on any atom is 0.327 e. The first kappa shape index (κ1) is 19.3. The highest BCUT2D eigenvalue weighted by molar-refractivity contribution is 5.98. The third kappa shape index (κ3) is 4.62. The molecule has 1 atom stereocenters. The number of anilines is 3. The van der Waals surface area contributed by atoms with E-state index < -0.39 is 0 Å². The third-order valence-electron chi connectivity index (χ3n) is 4.13. The number of nitrogens with one attached hydrogen (secondary N) is 2. The van der Waals surface area contributed by atoms with Gasteiger partial charge in [-0.3, -0.25) is 0 Å². The molecule has 0 aliphatic rings. The van der Waals surface area contributed by atoms with Crippen molar-refractivity contribution in [2.45, 2.75) is 19.9 Å². The lowest BCUT2D eigenvalue weighted by molar-refractivity contribution is 0.249. The summed E-state index contributed by atoms with van der Waals surface area (Å²) in [6, 6.07) is 16.9. The minimum atomic E-state index is -0.374. The van der Waals surface area contributed by atoms with E-state index >= 15 is 0 Å². The zero-order valence-corrected chi connectivity index (χ0v) is 15.8. The van der Waals surface area contributed by atoms with E-state index in [9.17, 15) is 9.18 Å². The summed E-state index contributed by atoms with van der Waals surface area (Å²) in [5.74, 6) is 0.405. The van der Waals surface area contributed by atoms with E-state index in [-0.39, 0.29) is 17.9 Å². The highest BCUT2D eigenvalue weighted by atomic mass is 19.1. The molecule has 3 rings (SSSR count). The quantitative estimate of drug-likeness (QED) is 0.654. The van der Waals surface area contributed by atoms with Crippen molar-refractivity contribution < 1.29 is 9.18 Å². The van der Waals surface area contributed by atoms with Crippen LogP contribution in [0.25, 0.3) is 0 Å². The van der Waals surface area contributed by atoms with Gasteiger partial charge in [-0.1, -0.05) is 30.3 Å². The number of urea groups is 1. The molecule has 1 unspecified atom stereocenters. The molecule has 1 aromatic heterocycles. The molecule has 144 valence electrons. The van der Waals surface area contributed by atoms with Gasteiger partial charge in [0.25, 0.3) is 0 Å². The largest absolute Gasteiger partial charge is 0.348 e. The molecule has 28 heavy (non-hydrogen) atoms. The van der Waals surface area contributed by atoms with Crippen LogP contribution in [0, 0.1) is 5.82 Å². The predicted molar refractivity (Wildman–Crippen MR) is 108 cm³/mol. The first-order chi connectivity index (χ1) is 13.6. The predicted octanol–water partition coefficient (Wildman–Crippen LogP) is 4.66. The van der Waals surface area contributed by atoms with E-state index in [1.807, 2.05) is 44.2 Å². The lowest BCUT2D eigenvalue weighted by atomic mass is 10.1.